The second-order valence-corrected chi connectivity index (χ2v) is 7.32. The summed E-state index contributed by atoms with van der Waals surface area (Å²) in [6.45, 7) is 4.37. The first kappa shape index (κ1) is 17.7. The van der Waals surface area contributed by atoms with Gasteiger partial charge in [0.15, 0.2) is 0 Å². The summed E-state index contributed by atoms with van der Waals surface area (Å²) < 4.78 is 1.69. The maximum absolute atomic E-state index is 5.91. The van der Waals surface area contributed by atoms with E-state index in [0.717, 1.165) is 21.5 Å². The van der Waals surface area contributed by atoms with Crippen LogP contribution in [-0.4, -0.2) is 21.1 Å². The predicted octanol–water partition coefficient (Wildman–Crippen LogP) is 5.23. The number of benzene rings is 2. The van der Waals surface area contributed by atoms with Crippen LogP contribution in [0.3, 0.4) is 0 Å². The third-order valence-corrected chi connectivity index (χ3v) is 4.97. The number of halogens is 1. The Hall–Kier alpha value is -2.11. The second-order valence-electron chi connectivity index (χ2n) is 5.94. The van der Waals surface area contributed by atoms with Crippen molar-refractivity contribution in [3.63, 3.8) is 0 Å². The number of aromatic nitrogens is 3. The number of nitrogens with zero attached hydrogens (tertiary/aromatic N) is 4. The molecule has 25 heavy (non-hydrogen) atoms. The first-order valence-corrected chi connectivity index (χ1v) is 9.40. The van der Waals surface area contributed by atoms with Crippen LogP contribution in [0.15, 0.2) is 65.1 Å². The molecule has 0 spiro atoms. The average molecular weight is 371 g/mol. The summed E-state index contributed by atoms with van der Waals surface area (Å²) in [5.74, 6) is 1.31. The van der Waals surface area contributed by atoms with Crippen LogP contribution >= 0.6 is 23.4 Å². The van der Waals surface area contributed by atoms with Crippen LogP contribution in [0.25, 0.3) is 0 Å². The molecule has 3 rings (SSSR count). The van der Waals surface area contributed by atoms with Crippen molar-refractivity contribution in [3.8, 4) is 0 Å². The minimum atomic E-state index is 0.528. The molecule has 0 aliphatic carbocycles. The van der Waals surface area contributed by atoms with Gasteiger partial charge in [-0.1, -0.05) is 73.6 Å². The normalized spacial score (nSPS) is 11.5. The molecule has 1 heterocycles. The Morgan fingerprint density at radius 3 is 2.52 bits per heavy atom. The van der Waals surface area contributed by atoms with Gasteiger partial charge in [0.2, 0.25) is 5.16 Å². The number of thioether (sulfide) groups is 1. The lowest BCUT2D eigenvalue weighted by Crippen LogP contribution is -1.93. The van der Waals surface area contributed by atoms with Crippen molar-refractivity contribution in [2.45, 2.75) is 30.7 Å². The molecule has 0 aliphatic heterocycles. The summed E-state index contributed by atoms with van der Waals surface area (Å²) in [4.78, 5) is 0. The lowest BCUT2D eigenvalue weighted by molar-refractivity contribution is 0.767. The second kappa shape index (κ2) is 8.32. The number of hydrogen-bond acceptors (Lipinski definition) is 4. The molecular weight excluding hydrogens is 352 g/mol. The fourth-order valence-corrected chi connectivity index (χ4v) is 3.16. The molecule has 2 aromatic carbocycles. The molecule has 6 heteroatoms. The molecule has 0 radical (unpaired) electrons. The zero-order valence-electron chi connectivity index (χ0n) is 14.1. The summed E-state index contributed by atoms with van der Waals surface area (Å²) in [6, 6.07) is 16.2. The van der Waals surface area contributed by atoms with E-state index < -0.39 is 0 Å². The van der Waals surface area contributed by atoms with Gasteiger partial charge in [-0.2, -0.15) is 9.78 Å². The zero-order chi connectivity index (χ0) is 17.6. The molecule has 0 atom stereocenters. The molecule has 0 unspecified atom stereocenters. The van der Waals surface area contributed by atoms with Crippen LogP contribution in [0.5, 0.6) is 0 Å². The standard InChI is InChI=1S/C19H19ClN4S/c1-14(2)17-7-3-15(4-8-17)11-22-24-13-21-23-19(24)25-12-16-5-9-18(20)10-6-16/h3-11,13-14H,12H2,1-2H3/b22-11+. The van der Waals surface area contributed by atoms with Crippen molar-refractivity contribution in [1.29, 1.82) is 0 Å². The molecule has 128 valence electrons. The van der Waals surface area contributed by atoms with Gasteiger partial charge in [-0.15, -0.1) is 10.2 Å². The van der Waals surface area contributed by atoms with Crippen molar-refractivity contribution in [2.75, 3.05) is 0 Å². The molecular formula is C19H19ClN4S. The Kier molecular flexibility index (Phi) is 5.89. The van der Waals surface area contributed by atoms with Crippen LogP contribution in [0, 0.1) is 0 Å². The Bertz CT molecular complexity index is 839. The average Bonchev–Trinajstić information content (AvgIpc) is 3.07. The molecule has 0 N–H and O–H groups in total. The van der Waals surface area contributed by atoms with E-state index in [1.165, 1.54) is 11.1 Å². The van der Waals surface area contributed by atoms with Crippen LogP contribution in [-0.2, 0) is 5.75 Å². The molecule has 0 bridgehead atoms. The quantitative estimate of drug-likeness (QED) is 0.440. The van der Waals surface area contributed by atoms with E-state index in [2.05, 4.69) is 53.4 Å². The van der Waals surface area contributed by atoms with Gasteiger partial charge in [0.25, 0.3) is 0 Å². The molecule has 0 saturated heterocycles. The summed E-state index contributed by atoms with van der Waals surface area (Å²) >= 11 is 7.50. The predicted molar refractivity (Wildman–Crippen MR) is 105 cm³/mol. The first-order valence-electron chi connectivity index (χ1n) is 8.03. The van der Waals surface area contributed by atoms with Gasteiger partial charge < -0.3 is 0 Å². The zero-order valence-corrected chi connectivity index (χ0v) is 15.7. The van der Waals surface area contributed by atoms with E-state index in [0.29, 0.717) is 5.92 Å². The highest BCUT2D eigenvalue weighted by Gasteiger charge is 2.05. The largest absolute Gasteiger partial charge is 0.212 e. The lowest BCUT2D eigenvalue weighted by Gasteiger charge is -2.04. The van der Waals surface area contributed by atoms with Crippen molar-refractivity contribution in [2.24, 2.45) is 5.10 Å². The van der Waals surface area contributed by atoms with E-state index in [9.17, 15) is 0 Å². The smallest absolute Gasteiger partial charge is 0.195 e. The summed E-state index contributed by atoms with van der Waals surface area (Å²) in [5, 5.41) is 14.0. The van der Waals surface area contributed by atoms with E-state index in [1.807, 2.05) is 30.5 Å². The van der Waals surface area contributed by atoms with Crippen molar-refractivity contribution >= 4 is 29.6 Å². The molecule has 0 fully saturated rings. The van der Waals surface area contributed by atoms with Crippen LogP contribution in [0.2, 0.25) is 5.02 Å². The molecule has 0 amide bonds. The molecule has 0 saturated carbocycles. The van der Waals surface area contributed by atoms with E-state index in [-0.39, 0.29) is 0 Å². The summed E-state index contributed by atoms with van der Waals surface area (Å²) in [6.07, 6.45) is 3.43. The van der Waals surface area contributed by atoms with Crippen LogP contribution < -0.4 is 0 Å². The Morgan fingerprint density at radius 2 is 1.84 bits per heavy atom. The third-order valence-electron chi connectivity index (χ3n) is 3.72. The number of rotatable bonds is 6. The lowest BCUT2D eigenvalue weighted by atomic mass is 10.0. The van der Waals surface area contributed by atoms with Gasteiger partial charge in [0.05, 0.1) is 6.21 Å². The summed E-state index contributed by atoms with van der Waals surface area (Å²) in [7, 11) is 0. The maximum atomic E-state index is 5.91. The van der Waals surface area contributed by atoms with Crippen molar-refractivity contribution in [1.82, 2.24) is 14.9 Å². The third kappa shape index (κ3) is 4.94. The van der Waals surface area contributed by atoms with E-state index >= 15 is 0 Å². The molecule has 4 nitrogen and oxygen atoms in total. The highest BCUT2D eigenvalue weighted by Crippen LogP contribution is 2.21. The minimum Gasteiger partial charge on any atom is -0.195 e. The Balaban J connectivity index is 1.65. The van der Waals surface area contributed by atoms with Gasteiger partial charge in [0, 0.05) is 10.8 Å². The monoisotopic (exact) mass is 370 g/mol. The van der Waals surface area contributed by atoms with Gasteiger partial charge in [0.1, 0.15) is 6.33 Å². The van der Waals surface area contributed by atoms with Crippen LogP contribution in [0.4, 0.5) is 0 Å². The SMILES string of the molecule is CC(C)c1ccc(/C=N/n2cnnc2SCc2ccc(Cl)cc2)cc1. The molecule has 3 aromatic rings. The highest BCUT2D eigenvalue weighted by atomic mass is 35.5. The van der Waals surface area contributed by atoms with E-state index in [4.69, 9.17) is 11.6 Å². The van der Waals surface area contributed by atoms with E-state index in [1.54, 1.807) is 22.8 Å². The van der Waals surface area contributed by atoms with Gasteiger partial charge in [-0.05, 0) is 34.7 Å². The summed E-state index contributed by atoms with van der Waals surface area (Å²) in [5.41, 5.74) is 3.55. The number of hydrogen-bond donors (Lipinski definition) is 0. The molecule has 0 aliphatic rings. The topological polar surface area (TPSA) is 43.1 Å². The Labute approximate surface area is 156 Å². The van der Waals surface area contributed by atoms with Gasteiger partial charge in [-0.3, -0.25) is 0 Å². The Morgan fingerprint density at radius 1 is 1.12 bits per heavy atom. The maximum Gasteiger partial charge on any atom is 0.212 e. The van der Waals surface area contributed by atoms with Crippen molar-refractivity contribution in [3.05, 3.63) is 76.6 Å². The first-order chi connectivity index (χ1) is 12.1. The van der Waals surface area contributed by atoms with Gasteiger partial charge in [-0.25, -0.2) is 0 Å². The minimum absolute atomic E-state index is 0.528. The molecule has 1 aromatic heterocycles. The van der Waals surface area contributed by atoms with Gasteiger partial charge >= 0.3 is 0 Å². The fraction of sp³-hybridized carbons (Fsp3) is 0.211. The van der Waals surface area contributed by atoms with Crippen LogP contribution in [0.1, 0.15) is 36.5 Å². The fourth-order valence-electron chi connectivity index (χ4n) is 2.22. The highest BCUT2D eigenvalue weighted by molar-refractivity contribution is 7.98. The van der Waals surface area contributed by atoms with Crippen molar-refractivity contribution < 1.29 is 0 Å².